The predicted octanol–water partition coefficient (Wildman–Crippen LogP) is 0.608. The van der Waals surface area contributed by atoms with Gasteiger partial charge in [0.05, 0.1) is 0 Å². The number of rotatable bonds is 1. The van der Waals surface area contributed by atoms with E-state index in [1.807, 2.05) is 0 Å². The topological polar surface area (TPSA) is 71.4 Å². The molecule has 0 fully saturated rings. The van der Waals surface area contributed by atoms with Gasteiger partial charge in [-0.25, -0.2) is 0 Å². The summed E-state index contributed by atoms with van der Waals surface area (Å²) in [5.74, 6) is -0.833. The SMILES string of the molecule is CC(=O)O.O=C(Cl)C(=O)Cl. The highest BCUT2D eigenvalue weighted by atomic mass is 35.5. The summed E-state index contributed by atoms with van der Waals surface area (Å²) in [7, 11) is 0. The molecule has 0 aromatic heterocycles. The summed E-state index contributed by atoms with van der Waals surface area (Å²) in [6, 6.07) is 0. The van der Waals surface area contributed by atoms with Gasteiger partial charge in [0.1, 0.15) is 0 Å². The van der Waals surface area contributed by atoms with Crippen molar-refractivity contribution in [1.29, 1.82) is 0 Å². The minimum atomic E-state index is -1.14. The molecule has 0 atom stereocenters. The van der Waals surface area contributed by atoms with Crippen molar-refractivity contribution < 1.29 is 19.5 Å². The van der Waals surface area contributed by atoms with Crippen LogP contribution in [0.1, 0.15) is 6.92 Å². The Morgan fingerprint density at radius 2 is 1.20 bits per heavy atom. The zero-order valence-electron chi connectivity index (χ0n) is 4.93. The van der Waals surface area contributed by atoms with E-state index in [9.17, 15) is 9.59 Å². The molecule has 10 heavy (non-hydrogen) atoms. The first-order chi connectivity index (χ1) is 4.37. The molecule has 0 saturated carbocycles. The summed E-state index contributed by atoms with van der Waals surface area (Å²) in [4.78, 5) is 27.9. The first-order valence-corrected chi connectivity index (χ1v) is 2.72. The van der Waals surface area contributed by atoms with Crippen LogP contribution in [0, 0.1) is 0 Å². The van der Waals surface area contributed by atoms with E-state index < -0.39 is 16.5 Å². The van der Waals surface area contributed by atoms with E-state index in [1.54, 1.807) is 0 Å². The number of hydrogen-bond donors (Lipinski definition) is 1. The predicted molar refractivity (Wildman–Crippen MR) is 35.0 cm³/mol. The van der Waals surface area contributed by atoms with Crippen LogP contribution < -0.4 is 0 Å². The second kappa shape index (κ2) is 6.51. The van der Waals surface area contributed by atoms with Crippen LogP contribution in [0.4, 0.5) is 0 Å². The van der Waals surface area contributed by atoms with Gasteiger partial charge in [-0.05, 0) is 23.2 Å². The van der Waals surface area contributed by atoms with E-state index in [-0.39, 0.29) is 0 Å². The Kier molecular flexibility index (Phi) is 7.88. The van der Waals surface area contributed by atoms with Crippen LogP contribution in [0.5, 0.6) is 0 Å². The number of aliphatic carboxylic acids is 1. The summed E-state index contributed by atoms with van der Waals surface area (Å²) in [6.45, 7) is 1.08. The zero-order valence-corrected chi connectivity index (χ0v) is 6.44. The molecule has 0 unspecified atom stereocenters. The molecule has 0 aromatic rings. The van der Waals surface area contributed by atoms with Crippen molar-refractivity contribution in [2.24, 2.45) is 0 Å². The normalized spacial score (nSPS) is 7.10. The van der Waals surface area contributed by atoms with Crippen molar-refractivity contribution in [3.8, 4) is 0 Å². The lowest BCUT2D eigenvalue weighted by Crippen LogP contribution is -1.94. The first kappa shape index (κ1) is 12.1. The van der Waals surface area contributed by atoms with Crippen molar-refractivity contribution in [3.05, 3.63) is 0 Å². The summed E-state index contributed by atoms with van der Waals surface area (Å²) in [6.07, 6.45) is 0. The smallest absolute Gasteiger partial charge is 0.304 e. The fraction of sp³-hybridized carbons (Fsp3) is 0.250. The molecule has 0 spiro atoms. The average Bonchev–Trinajstić information content (AvgIpc) is 1.63. The molecule has 0 saturated heterocycles. The number of carbonyl (C=O) groups is 3. The van der Waals surface area contributed by atoms with Crippen molar-refractivity contribution in [2.75, 3.05) is 0 Å². The highest BCUT2D eigenvalue weighted by Crippen LogP contribution is 1.84. The highest BCUT2D eigenvalue weighted by Gasteiger charge is 2.01. The molecule has 0 heterocycles. The van der Waals surface area contributed by atoms with Gasteiger partial charge in [0.15, 0.2) is 0 Å². The van der Waals surface area contributed by atoms with Crippen molar-refractivity contribution in [3.63, 3.8) is 0 Å². The maximum Gasteiger partial charge on any atom is 0.304 e. The number of hydrogen-bond acceptors (Lipinski definition) is 3. The third-order valence-corrected chi connectivity index (χ3v) is 0.595. The fourth-order valence-electron chi connectivity index (χ4n) is 0. The van der Waals surface area contributed by atoms with Crippen LogP contribution in [0.2, 0.25) is 0 Å². The Morgan fingerprint density at radius 1 is 1.10 bits per heavy atom. The van der Waals surface area contributed by atoms with E-state index in [1.165, 1.54) is 0 Å². The van der Waals surface area contributed by atoms with Gasteiger partial charge in [-0.2, -0.15) is 0 Å². The van der Waals surface area contributed by atoms with Crippen molar-refractivity contribution in [2.45, 2.75) is 6.92 Å². The van der Waals surface area contributed by atoms with Crippen molar-refractivity contribution >= 4 is 39.7 Å². The van der Waals surface area contributed by atoms with Gasteiger partial charge in [0.25, 0.3) is 5.97 Å². The Hall–Kier alpha value is -0.610. The van der Waals surface area contributed by atoms with Crippen molar-refractivity contribution in [1.82, 2.24) is 0 Å². The molecule has 0 bridgehead atoms. The third-order valence-electron chi connectivity index (χ3n) is 0.155. The lowest BCUT2D eigenvalue weighted by atomic mass is 10.9. The molecule has 0 radical (unpaired) electrons. The average molecular weight is 187 g/mol. The third kappa shape index (κ3) is 26.3. The maximum atomic E-state index is 9.43. The lowest BCUT2D eigenvalue weighted by Gasteiger charge is -1.67. The van der Waals surface area contributed by atoms with Crippen LogP contribution >= 0.6 is 23.2 Å². The molecule has 0 aromatic carbocycles. The van der Waals surface area contributed by atoms with Gasteiger partial charge in [-0.1, -0.05) is 0 Å². The number of carbonyl (C=O) groups excluding carboxylic acids is 2. The molecule has 1 N–H and O–H groups in total. The minimum absolute atomic E-state index is 0.833. The Bertz CT molecular complexity index is 137. The van der Waals surface area contributed by atoms with E-state index in [0.29, 0.717) is 0 Å². The van der Waals surface area contributed by atoms with Crippen LogP contribution in [0.15, 0.2) is 0 Å². The summed E-state index contributed by atoms with van der Waals surface area (Å²) in [5.41, 5.74) is 0. The lowest BCUT2D eigenvalue weighted by molar-refractivity contribution is -0.134. The second-order valence-corrected chi connectivity index (χ2v) is 1.75. The van der Waals surface area contributed by atoms with Gasteiger partial charge in [-0.3, -0.25) is 14.4 Å². The molecule has 58 valence electrons. The quantitative estimate of drug-likeness (QED) is 0.482. The fourth-order valence-corrected chi connectivity index (χ4v) is 0. The largest absolute Gasteiger partial charge is 0.481 e. The van der Waals surface area contributed by atoms with Gasteiger partial charge in [0, 0.05) is 6.92 Å². The summed E-state index contributed by atoms with van der Waals surface area (Å²) < 4.78 is 0. The molecule has 4 nitrogen and oxygen atoms in total. The van der Waals surface area contributed by atoms with E-state index in [2.05, 4.69) is 23.2 Å². The molecule has 0 aliphatic rings. The molecule has 0 aliphatic heterocycles. The van der Waals surface area contributed by atoms with Crippen LogP contribution in [0.3, 0.4) is 0 Å². The van der Waals surface area contributed by atoms with Crippen LogP contribution in [-0.2, 0) is 14.4 Å². The van der Waals surface area contributed by atoms with E-state index in [4.69, 9.17) is 9.90 Å². The van der Waals surface area contributed by atoms with Crippen LogP contribution in [0.25, 0.3) is 0 Å². The van der Waals surface area contributed by atoms with E-state index in [0.717, 1.165) is 6.92 Å². The molecule has 0 aliphatic carbocycles. The second-order valence-electron chi connectivity index (χ2n) is 1.07. The van der Waals surface area contributed by atoms with Gasteiger partial charge < -0.3 is 5.11 Å². The number of carboxylic acid groups (broad SMARTS) is 1. The van der Waals surface area contributed by atoms with Gasteiger partial charge in [-0.15, -0.1) is 0 Å². The van der Waals surface area contributed by atoms with Gasteiger partial charge in [0.2, 0.25) is 0 Å². The summed E-state index contributed by atoms with van der Waals surface area (Å²) >= 11 is 8.98. The maximum absolute atomic E-state index is 9.43. The minimum Gasteiger partial charge on any atom is -0.481 e. The monoisotopic (exact) mass is 186 g/mol. The van der Waals surface area contributed by atoms with Crippen LogP contribution in [-0.4, -0.2) is 21.6 Å². The number of halogens is 2. The zero-order chi connectivity index (χ0) is 8.73. The molecule has 0 amide bonds. The highest BCUT2D eigenvalue weighted by molar-refractivity contribution is 6.97. The molecule has 6 heteroatoms. The Labute approximate surface area is 66.7 Å². The number of carboxylic acids is 1. The summed E-state index contributed by atoms with van der Waals surface area (Å²) in [5, 5.41) is 5.13. The van der Waals surface area contributed by atoms with E-state index >= 15 is 0 Å². The molecular weight excluding hydrogens is 183 g/mol. The molecular formula is C4H4Cl2O4. The Morgan fingerprint density at radius 3 is 1.20 bits per heavy atom. The Balaban J connectivity index is 0. The molecule has 0 rings (SSSR count). The van der Waals surface area contributed by atoms with Gasteiger partial charge >= 0.3 is 10.5 Å². The first-order valence-electron chi connectivity index (χ1n) is 1.96. The standard InChI is InChI=1S/C2Cl2O2.C2H4O2/c3-1(5)2(4)6;1-2(3)4/h;1H3,(H,3,4).